The summed E-state index contributed by atoms with van der Waals surface area (Å²) in [7, 11) is 0. The molecule has 1 aliphatic carbocycles. The van der Waals surface area contributed by atoms with E-state index in [1.54, 1.807) is 4.90 Å². The van der Waals surface area contributed by atoms with Crippen LogP contribution in [0.25, 0.3) is 0 Å². The summed E-state index contributed by atoms with van der Waals surface area (Å²) < 4.78 is 5.56. The number of carbonyl (C=O) groups is 2. The summed E-state index contributed by atoms with van der Waals surface area (Å²) in [4.78, 5) is 27.1. The van der Waals surface area contributed by atoms with Crippen LogP contribution in [-0.2, 0) is 16.1 Å². The lowest BCUT2D eigenvalue weighted by Crippen LogP contribution is -2.59. The Kier molecular flexibility index (Phi) is 5.38. The second kappa shape index (κ2) is 7.69. The van der Waals surface area contributed by atoms with Crippen LogP contribution in [0.3, 0.4) is 0 Å². The molecular formula is C19H26N2O3. The van der Waals surface area contributed by atoms with Crippen LogP contribution in [-0.4, -0.2) is 35.5 Å². The minimum Gasteiger partial charge on any atom is -0.459 e. The Balaban J connectivity index is 1.65. The van der Waals surface area contributed by atoms with Gasteiger partial charge in [0, 0.05) is 13.1 Å². The first kappa shape index (κ1) is 16.8. The first-order valence-corrected chi connectivity index (χ1v) is 8.98. The zero-order valence-electron chi connectivity index (χ0n) is 14.1. The van der Waals surface area contributed by atoms with Crippen LogP contribution in [0.1, 0.15) is 50.5 Å². The third kappa shape index (κ3) is 3.89. The Morgan fingerprint density at radius 1 is 1.00 bits per heavy atom. The van der Waals surface area contributed by atoms with Gasteiger partial charge in [0.2, 0.25) is 0 Å². The zero-order chi connectivity index (χ0) is 16.8. The Morgan fingerprint density at radius 3 is 2.33 bits per heavy atom. The number of likely N-dealkylation sites (tertiary alicyclic amines) is 1. The summed E-state index contributed by atoms with van der Waals surface area (Å²) in [6.07, 6.45) is 6.41. The molecule has 3 rings (SSSR count). The maximum atomic E-state index is 12.8. The standard InChI is InChI=1S/C19H26N2O3/c22-17(24-15-16-9-3-1-4-10-16)19(11-5-2-6-12-19)20-18(23)21-13-7-8-14-21/h1,3-4,9-10H,2,5-8,11-15H2,(H,20,23). The number of esters is 1. The fraction of sp³-hybridized carbons (Fsp3) is 0.579. The molecule has 5 nitrogen and oxygen atoms in total. The Morgan fingerprint density at radius 2 is 1.67 bits per heavy atom. The van der Waals surface area contributed by atoms with E-state index in [1.165, 1.54) is 0 Å². The number of amides is 2. The molecule has 1 aromatic carbocycles. The van der Waals surface area contributed by atoms with Crippen molar-refractivity contribution in [2.24, 2.45) is 0 Å². The van der Waals surface area contributed by atoms with Gasteiger partial charge in [0.05, 0.1) is 0 Å². The number of nitrogens with one attached hydrogen (secondary N) is 1. The molecule has 2 fully saturated rings. The normalized spacial score (nSPS) is 19.8. The van der Waals surface area contributed by atoms with Crippen LogP contribution in [0.5, 0.6) is 0 Å². The van der Waals surface area contributed by atoms with Gasteiger partial charge in [0.25, 0.3) is 0 Å². The van der Waals surface area contributed by atoms with Crippen molar-refractivity contribution in [1.82, 2.24) is 10.2 Å². The molecule has 2 amide bonds. The van der Waals surface area contributed by atoms with E-state index >= 15 is 0 Å². The average molecular weight is 330 g/mol. The summed E-state index contributed by atoms with van der Waals surface area (Å²) in [6, 6.07) is 9.53. The van der Waals surface area contributed by atoms with Gasteiger partial charge in [-0.3, -0.25) is 0 Å². The van der Waals surface area contributed by atoms with Gasteiger partial charge in [-0.2, -0.15) is 0 Å². The fourth-order valence-electron chi connectivity index (χ4n) is 3.60. The maximum Gasteiger partial charge on any atom is 0.332 e. The third-order valence-corrected chi connectivity index (χ3v) is 5.05. The van der Waals surface area contributed by atoms with Gasteiger partial charge in [-0.05, 0) is 31.2 Å². The molecule has 0 atom stereocenters. The molecule has 1 saturated carbocycles. The number of hydrogen-bond donors (Lipinski definition) is 1. The SMILES string of the molecule is O=C(NC1(C(=O)OCc2ccccc2)CCCCC1)N1CCCC1. The number of benzene rings is 1. The van der Waals surface area contributed by atoms with Crippen LogP contribution >= 0.6 is 0 Å². The number of hydrogen-bond acceptors (Lipinski definition) is 3. The van der Waals surface area contributed by atoms with Gasteiger partial charge in [0.1, 0.15) is 12.1 Å². The van der Waals surface area contributed by atoms with E-state index in [2.05, 4.69) is 5.32 Å². The van der Waals surface area contributed by atoms with Gasteiger partial charge in [-0.15, -0.1) is 0 Å². The lowest BCUT2D eigenvalue weighted by atomic mass is 9.81. The van der Waals surface area contributed by atoms with Crippen molar-refractivity contribution < 1.29 is 14.3 Å². The van der Waals surface area contributed by atoms with E-state index in [0.29, 0.717) is 12.8 Å². The molecule has 24 heavy (non-hydrogen) atoms. The summed E-state index contributed by atoms with van der Waals surface area (Å²) >= 11 is 0. The highest BCUT2D eigenvalue weighted by atomic mass is 16.5. The first-order valence-electron chi connectivity index (χ1n) is 8.98. The van der Waals surface area contributed by atoms with E-state index in [9.17, 15) is 9.59 Å². The Bertz CT molecular complexity index is 561. The number of urea groups is 1. The summed E-state index contributed by atoms with van der Waals surface area (Å²) in [5, 5.41) is 3.02. The summed E-state index contributed by atoms with van der Waals surface area (Å²) in [5.41, 5.74) is 0.106. The van der Waals surface area contributed by atoms with Crippen LogP contribution < -0.4 is 5.32 Å². The molecule has 1 aliphatic heterocycles. The average Bonchev–Trinajstić information content (AvgIpc) is 3.16. The van der Waals surface area contributed by atoms with E-state index in [-0.39, 0.29) is 18.6 Å². The molecule has 0 spiro atoms. The molecule has 0 bridgehead atoms. The quantitative estimate of drug-likeness (QED) is 0.862. The second-order valence-corrected chi connectivity index (χ2v) is 6.83. The maximum absolute atomic E-state index is 12.8. The molecule has 1 N–H and O–H groups in total. The molecule has 130 valence electrons. The molecule has 2 aliphatic rings. The van der Waals surface area contributed by atoms with Crippen molar-refractivity contribution in [1.29, 1.82) is 0 Å². The van der Waals surface area contributed by atoms with Gasteiger partial charge in [0.15, 0.2) is 0 Å². The largest absolute Gasteiger partial charge is 0.459 e. The lowest BCUT2D eigenvalue weighted by Gasteiger charge is -2.36. The van der Waals surface area contributed by atoms with Crippen LogP contribution in [0.15, 0.2) is 30.3 Å². The highest BCUT2D eigenvalue weighted by Crippen LogP contribution is 2.30. The van der Waals surface area contributed by atoms with E-state index in [1.807, 2.05) is 30.3 Å². The summed E-state index contributed by atoms with van der Waals surface area (Å²) in [5.74, 6) is -0.293. The zero-order valence-corrected chi connectivity index (χ0v) is 14.1. The minimum atomic E-state index is -0.854. The van der Waals surface area contributed by atoms with Gasteiger partial charge < -0.3 is 15.0 Å². The third-order valence-electron chi connectivity index (χ3n) is 5.05. The van der Waals surface area contributed by atoms with Crippen LogP contribution in [0, 0.1) is 0 Å². The van der Waals surface area contributed by atoms with Gasteiger partial charge in [-0.25, -0.2) is 9.59 Å². The molecule has 1 heterocycles. The van der Waals surface area contributed by atoms with E-state index < -0.39 is 5.54 Å². The molecule has 5 heteroatoms. The second-order valence-electron chi connectivity index (χ2n) is 6.83. The predicted molar refractivity (Wildman–Crippen MR) is 91.4 cm³/mol. The van der Waals surface area contributed by atoms with Crippen molar-refractivity contribution in [3.8, 4) is 0 Å². The minimum absolute atomic E-state index is 0.119. The topological polar surface area (TPSA) is 58.6 Å². The highest BCUT2D eigenvalue weighted by molar-refractivity contribution is 5.87. The first-order chi connectivity index (χ1) is 11.7. The summed E-state index contributed by atoms with van der Waals surface area (Å²) in [6.45, 7) is 1.81. The van der Waals surface area contributed by atoms with Crippen LogP contribution in [0.4, 0.5) is 4.79 Å². The molecule has 0 aromatic heterocycles. The predicted octanol–water partition coefficient (Wildman–Crippen LogP) is 3.24. The van der Waals surface area contributed by atoms with Gasteiger partial charge >= 0.3 is 12.0 Å². The fourth-order valence-corrected chi connectivity index (χ4v) is 3.60. The number of ether oxygens (including phenoxy) is 1. The number of nitrogens with zero attached hydrogens (tertiary/aromatic N) is 1. The van der Waals surface area contributed by atoms with E-state index in [0.717, 1.165) is 50.8 Å². The molecular weight excluding hydrogens is 304 g/mol. The van der Waals surface area contributed by atoms with Crippen molar-refractivity contribution in [2.45, 2.75) is 57.1 Å². The van der Waals surface area contributed by atoms with Crippen molar-refractivity contribution >= 4 is 12.0 Å². The molecule has 1 aromatic rings. The molecule has 0 unspecified atom stereocenters. The van der Waals surface area contributed by atoms with Crippen molar-refractivity contribution in [3.63, 3.8) is 0 Å². The number of carbonyl (C=O) groups excluding carboxylic acids is 2. The smallest absolute Gasteiger partial charge is 0.332 e. The van der Waals surface area contributed by atoms with Crippen molar-refractivity contribution in [2.75, 3.05) is 13.1 Å². The molecule has 1 saturated heterocycles. The lowest BCUT2D eigenvalue weighted by molar-refractivity contribution is -0.154. The Hall–Kier alpha value is -2.04. The monoisotopic (exact) mass is 330 g/mol. The van der Waals surface area contributed by atoms with Gasteiger partial charge in [-0.1, -0.05) is 49.6 Å². The highest BCUT2D eigenvalue weighted by Gasteiger charge is 2.43. The van der Waals surface area contributed by atoms with Crippen LogP contribution in [0.2, 0.25) is 0 Å². The molecule has 0 radical (unpaired) electrons. The number of rotatable bonds is 4. The van der Waals surface area contributed by atoms with E-state index in [4.69, 9.17) is 4.74 Å². The Labute approximate surface area is 143 Å². The van der Waals surface area contributed by atoms with Crippen molar-refractivity contribution in [3.05, 3.63) is 35.9 Å².